The van der Waals surface area contributed by atoms with Crippen molar-refractivity contribution in [2.75, 3.05) is 41.7 Å². The van der Waals surface area contributed by atoms with E-state index in [0.29, 0.717) is 12.4 Å². The number of carbonyl (C=O) groups excluding carboxylic acids is 1. The topological polar surface area (TPSA) is 108 Å². The highest BCUT2D eigenvalue weighted by Gasteiger charge is 2.32. The van der Waals surface area contributed by atoms with E-state index in [4.69, 9.17) is 5.73 Å². The molecule has 1 aliphatic carbocycles. The number of anilines is 4. The van der Waals surface area contributed by atoms with Crippen LogP contribution in [-0.4, -0.2) is 48.1 Å². The van der Waals surface area contributed by atoms with Crippen LogP contribution in [0.1, 0.15) is 24.8 Å². The maximum absolute atomic E-state index is 14.3. The molecular formula is C21H28FN7O. The number of nitrogens with zero attached hydrogens (tertiary/aromatic N) is 3. The highest BCUT2D eigenvalue weighted by atomic mass is 19.1. The summed E-state index contributed by atoms with van der Waals surface area (Å²) in [6.07, 6.45) is 3.48. The second kappa shape index (κ2) is 8.83. The average Bonchev–Trinajstić information content (AvgIpc) is 3.20. The Morgan fingerprint density at radius 2 is 2.10 bits per heavy atom. The van der Waals surface area contributed by atoms with Gasteiger partial charge in [0, 0.05) is 43.6 Å². The zero-order valence-corrected chi connectivity index (χ0v) is 17.1. The molecule has 2 aromatic rings. The van der Waals surface area contributed by atoms with E-state index in [1.165, 1.54) is 5.69 Å². The number of piperazine rings is 1. The number of nitrogens with two attached hydrogens (primary N) is 1. The van der Waals surface area contributed by atoms with Gasteiger partial charge in [-0.1, -0.05) is 6.42 Å². The first-order chi connectivity index (χ1) is 14.5. The first-order valence-electron chi connectivity index (χ1n) is 10.4. The lowest BCUT2D eigenvalue weighted by Crippen LogP contribution is -2.43. The molecule has 2 aliphatic rings. The smallest absolute Gasteiger partial charge is 0.229 e. The van der Waals surface area contributed by atoms with E-state index in [-0.39, 0.29) is 23.7 Å². The fraction of sp³-hybridized carbons (Fsp3) is 0.476. The van der Waals surface area contributed by atoms with Gasteiger partial charge in [0.25, 0.3) is 0 Å². The van der Waals surface area contributed by atoms with Crippen LogP contribution in [0.2, 0.25) is 0 Å². The van der Waals surface area contributed by atoms with E-state index in [2.05, 4.69) is 43.8 Å². The summed E-state index contributed by atoms with van der Waals surface area (Å²) in [6.45, 7) is 6.01. The highest BCUT2D eigenvalue weighted by Crippen LogP contribution is 2.29. The number of primary amides is 1. The van der Waals surface area contributed by atoms with Crippen molar-refractivity contribution in [3.8, 4) is 0 Å². The van der Waals surface area contributed by atoms with Gasteiger partial charge in [-0.25, -0.2) is 9.37 Å². The number of hydrogen-bond donors (Lipinski definition) is 4. The molecule has 0 bridgehead atoms. The number of hydrogen-bond acceptors (Lipinski definition) is 7. The van der Waals surface area contributed by atoms with Crippen LogP contribution in [0, 0.1) is 18.7 Å². The van der Waals surface area contributed by atoms with Crippen molar-refractivity contribution in [1.82, 2.24) is 15.3 Å². The molecule has 0 radical (unpaired) electrons. The van der Waals surface area contributed by atoms with Crippen molar-refractivity contribution in [2.24, 2.45) is 11.7 Å². The van der Waals surface area contributed by atoms with E-state index in [1.807, 2.05) is 12.1 Å². The van der Waals surface area contributed by atoms with Gasteiger partial charge in [-0.2, -0.15) is 4.98 Å². The SMILES string of the molecule is Cc1cc(Nc2ncc(F)c(N[C@H]3CCC[C@H]3C(N)=O)n2)ccc1N1CCNCC1. The summed E-state index contributed by atoms with van der Waals surface area (Å²) in [4.78, 5) is 22.3. The molecule has 5 N–H and O–H groups in total. The van der Waals surface area contributed by atoms with Crippen molar-refractivity contribution >= 4 is 29.0 Å². The number of aryl methyl sites for hydroxylation is 1. The van der Waals surface area contributed by atoms with Gasteiger partial charge < -0.3 is 26.6 Å². The second-order valence-electron chi connectivity index (χ2n) is 7.94. The lowest BCUT2D eigenvalue weighted by atomic mass is 10.0. The summed E-state index contributed by atoms with van der Waals surface area (Å²) >= 11 is 0. The van der Waals surface area contributed by atoms with Gasteiger partial charge in [0.1, 0.15) is 0 Å². The van der Waals surface area contributed by atoms with Crippen molar-refractivity contribution in [3.05, 3.63) is 35.8 Å². The Kier molecular flexibility index (Phi) is 5.98. The first-order valence-corrected chi connectivity index (χ1v) is 10.4. The predicted octanol–water partition coefficient (Wildman–Crippen LogP) is 2.14. The average molecular weight is 414 g/mol. The van der Waals surface area contributed by atoms with Crippen LogP contribution >= 0.6 is 0 Å². The van der Waals surface area contributed by atoms with Crippen molar-refractivity contribution in [3.63, 3.8) is 0 Å². The molecule has 160 valence electrons. The normalized spacial score (nSPS) is 21.5. The number of benzene rings is 1. The maximum atomic E-state index is 14.3. The number of rotatable bonds is 6. The molecule has 8 nitrogen and oxygen atoms in total. The minimum atomic E-state index is -0.555. The molecular weight excluding hydrogens is 385 g/mol. The Morgan fingerprint density at radius 3 is 2.83 bits per heavy atom. The third-order valence-corrected chi connectivity index (χ3v) is 5.86. The van der Waals surface area contributed by atoms with E-state index in [9.17, 15) is 9.18 Å². The molecule has 1 aromatic heterocycles. The molecule has 2 heterocycles. The number of carbonyl (C=O) groups is 1. The Bertz CT molecular complexity index is 916. The minimum absolute atomic E-state index is 0.0832. The summed E-state index contributed by atoms with van der Waals surface area (Å²) in [7, 11) is 0. The van der Waals surface area contributed by atoms with Gasteiger partial charge >= 0.3 is 0 Å². The predicted molar refractivity (Wildman–Crippen MR) is 115 cm³/mol. The van der Waals surface area contributed by atoms with Gasteiger partial charge in [-0.15, -0.1) is 0 Å². The minimum Gasteiger partial charge on any atom is -0.369 e. The lowest BCUT2D eigenvalue weighted by Gasteiger charge is -2.30. The van der Waals surface area contributed by atoms with Gasteiger partial charge in [0.05, 0.1) is 12.1 Å². The lowest BCUT2D eigenvalue weighted by molar-refractivity contribution is -0.121. The Labute approximate surface area is 175 Å². The number of amides is 1. The van der Waals surface area contributed by atoms with E-state index >= 15 is 0 Å². The number of halogens is 1. The fourth-order valence-electron chi connectivity index (χ4n) is 4.30. The van der Waals surface area contributed by atoms with Crippen LogP contribution in [0.25, 0.3) is 0 Å². The highest BCUT2D eigenvalue weighted by molar-refractivity contribution is 5.78. The standard InChI is InChI=1S/C21H28FN7O/c1-13-11-14(5-6-18(13)29-9-7-24-8-10-29)26-21-25-12-16(22)20(28-21)27-17-4-2-3-15(17)19(23)30/h5-6,11-12,15,17,24H,2-4,7-10H2,1H3,(H2,23,30)(H2,25,26,27,28)/t15-,17+/m1/s1. The largest absolute Gasteiger partial charge is 0.369 e. The molecule has 1 aromatic carbocycles. The zero-order chi connectivity index (χ0) is 21.1. The van der Waals surface area contributed by atoms with Crippen LogP contribution in [-0.2, 0) is 4.79 Å². The van der Waals surface area contributed by atoms with Gasteiger partial charge in [-0.3, -0.25) is 4.79 Å². The Hall–Kier alpha value is -2.94. The summed E-state index contributed by atoms with van der Waals surface area (Å²) in [5.74, 6) is -0.851. The molecule has 1 amide bonds. The van der Waals surface area contributed by atoms with Crippen LogP contribution in [0.4, 0.5) is 27.5 Å². The molecule has 1 saturated heterocycles. The fourth-order valence-corrected chi connectivity index (χ4v) is 4.30. The third-order valence-electron chi connectivity index (χ3n) is 5.86. The van der Waals surface area contributed by atoms with Crippen molar-refractivity contribution < 1.29 is 9.18 Å². The van der Waals surface area contributed by atoms with Crippen LogP contribution < -0.4 is 26.6 Å². The quantitative estimate of drug-likeness (QED) is 0.575. The number of nitrogens with one attached hydrogen (secondary N) is 3. The molecule has 9 heteroatoms. The second-order valence-corrected chi connectivity index (χ2v) is 7.94. The monoisotopic (exact) mass is 413 g/mol. The van der Waals surface area contributed by atoms with Gasteiger partial charge in [0.2, 0.25) is 11.9 Å². The summed E-state index contributed by atoms with van der Waals surface area (Å²) in [5, 5.41) is 9.56. The van der Waals surface area contributed by atoms with E-state index < -0.39 is 5.82 Å². The van der Waals surface area contributed by atoms with Gasteiger partial charge in [0.15, 0.2) is 11.6 Å². The molecule has 2 atom stereocenters. The molecule has 1 saturated carbocycles. The van der Waals surface area contributed by atoms with E-state index in [1.54, 1.807) is 0 Å². The van der Waals surface area contributed by atoms with Crippen molar-refractivity contribution in [1.29, 1.82) is 0 Å². The summed E-state index contributed by atoms with van der Waals surface area (Å²) in [6, 6.07) is 5.89. The Balaban J connectivity index is 1.48. The van der Waals surface area contributed by atoms with Crippen LogP contribution in [0.3, 0.4) is 0 Å². The van der Waals surface area contributed by atoms with E-state index in [0.717, 1.165) is 56.5 Å². The zero-order valence-electron chi connectivity index (χ0n) is 17.1. The molecule has 30 heavy (non-hydrogen) atoms. The summed E-state index contributed by atoms with van der Waals surface area (Å²) in [5.41, 5.74) is 8.66. The Morgan fingerprint density at radius 1 is 1.30 bits per heavy atom. The molecule has 4 rings (SSSR count). The molecule has 0 unspecified atom stereocenters. The first kappa shape index (κ1) is 20.3. The maximum Gasteiger partial charge on any atom is 0.229 e. The molecule has 0 spiro atoms. The van der Waals surface area contributed by atoms with Gasteiger partial charge in [-0.05, 0) is 43.5 Å². The molecule has 1 aliphatic heterocycles. The number of aromatic nitrogens is 2. The van der Waals surface area contributed by atoms with Crippen LogP contribution in [0.5, 0.6) is 0 Å². The third kappa shape index (κ3) is 4.46. The molecule has 2 fully saturated rings. The van der Waals surface area contributed by atoms with Crippen LogP contribution in [0.15, 0.2) is 24.4 Å². The van der Waals surface area contributed by atoms with Crippen molar-refractivity contribution in [2.45, 2.75) is 32.2 Å². The summed E-state index contributed by atoms with van der Waals surface area (Å²) < 4.78 is 14.3.